The van der Waals surface area contributed by atoms with Crippen molar-refractivity contribution in [3.05, 3.63) is 71.8 Å². The fraction of sp³-hybridized carbons (Fsp3) is 0.310. The Kier molecular flexibility index (Phi) is 9.23. The number of methoxy groups -OCH3 is 2. The summed E-state index contributed by atoms with van der Waals surface area (Å²) in [5, 5.41) is 5.58. The van der Waals surface area contributed by atoms with E-state index in [9.17, 15) is 18.0 Å². The molecule has 41 heavy (non-hydrogen) atoms. The highest BCUT2D eigenvalue weighted by atomic mass is 32.2. The normalized spacial score (nSPS) is 13.1. The van der Waals surface area contributed by atoms with Gasteiger partial charge in [0.05, 0.1) is 37.4 Å². The zero-order chi connectivity index (χ0) is 29.6. The molecule has 1 aliphatic rings. The van der Waals surface area contributed by atoms with E-state index in [4.69, 9.17) is 18.9 Å². The summed E-state index contributed by atoms with van der Waals surface area (Å²) in [5.74, 6) is 1.10. The SMILES string of the molecule is COc1ccc(CCNC(=O)c2ccccc2NC(=O)[C@@H](C)N(c2ccc3c(c2)OCCO3)S(C)(=O)=O)cc1OC. The van der Waals surface area contributed by atoms with E-state index >= 15 is 0 Å². The van der Waals surface area contributed by atoms with Crippen LogP contribution in [0.3, 0.4) is 0 Å². The van der Waals surface area contributed by atoms with Gasteiger partial charge in [-0.1, -0.05) is 18.2 Å². The van der Waals surface area contributed by atoms with E-state index in [0.717, 1.165) is 16.1 Å². The van der Waals surface area contributed by atoms with Crippen molar-refractivity contribution in [3.63, 3.8) is 0 Å². The highest BCUT2D eigenvalue weighted by molar-refractivity contribution is 7.92. The maximum atomic E-state index is 13.3. The highest BCUT2D eigenvalue weighted by Crippen LogP contribution is 2.35. The van der Waals surface area contributed by atoms with Gasteiger partial charge in [0, 0.05) is 12.6 Å². The summed E-state index contributed by atoms with van der Waals surface area (Å²) in [6.45, 7) is 2.53. The zero-order valence-corrected chi connectivity index (χ0v) is 24.1. The molecule has 2 amide bonds. The number of nitrogens with zero attached hydrogens (tertiary/aromatic N) is 1. The van der Waals surface area contributed by atoms with Crippen LogP contribution in [0.1, 0.15) is 22.8 Å². The number of carbonyl (C=O) groups is 2. The second kappa shape index (κ2) is 12.8. The van der Waals surface area contributed by atoms with E-state index in [-0.39, 0.29) is 22.8 Å². The van der Waals surface area contributed by atoms with Gasteiger partial charge in [-0.05, 0) is 55.3 Å². The number of hydrogen-bond acceptors (Lipinski definition) is 8. The minimum Gasteiger partial charge on any atom is -0.493 e. The van der Waals surface area contributed by atoms with E-state index in [1.807, 2.05) is 12.1 Å². The summed E-state index contributed by atoms with van der Waals surface area (Å²) in [4.78, 5) is 26.4. The molecule has 12 heteroatoms. The van der Waals surface area contributed by atoms with Crippen molar-refractivity contribution in [1.29, 1.82) is 0 Å². The largest absolute Gasteiger partial charge is 0.493 e. The van der Waals surface area contributed by atoms with Gasteiger partial charge < -0.3 is 29.6 Å². The van der Waals surface area contributed by atoms with Gasteiger partial charge in [-0.3, -0.25) is 13.9 Å². The van der Waals surface area contributed by atoms with Crippen LogP contribution in [-0.4, -0.2) is 66.5 Å². The maximum Gasteiger partial charge on any atom is 0.253 e. The number of hydrogen-bond donors (Lipinski definition) is 2. The van der Waals surface area contributed by atoms with Gasteiger partial charge in [-0.25, -0.2) is 8.42 Å². The molecule has 0 bridgehead atoms. The van der Waals surface area contributed by atoms with Crippen molar-refractivity contribution in [3.8, 4) is 23.0 Å². The Morgan fingerprint density at radius 3 is 2.37 bits per heavy atom. The molecule has 3 aromatic rings. The van der Waals surface area contributed by atoms with Crippen LogP contribution in [0.15, 0.2) is 60.7 Å². The third-order valence-corrected chi connectivity index (χ3v) is 7.69. The van der Waals surface area contributed by atoms with Crippen LogP contribution in [0.4, 0.5) is 11.4 Å². The lowest BCUT2D eigenvalue weighted by molar-refractivity contribution is -0.116. The minimum absolute atomic E-state index is 0.241. The van der Waals surface area contributed by atoms with Crippen molar-refractivity contribution in [2.24, 2.45) is 0 Å². The Morgan fingerprint density at radius 1 is 0.951 bits per heavy atom. The predicted octanol–water partition coefficient (Wildman–Crippen LogP) is 3.24. The van der Waals surface area contributed by atoms with Crippen LogP contribution >= 0.6 is 0 Å². The van der Waals surface area contributed by atoms with Crippen LogP contribution < -0.4 is 33.9 Å². The van der Waals surface area contributed by atoms with Crippen molar-refractivity contribution in [2.75, 3.05) is 49.9 Å². The molecule has 218 valence electrons. The summed E-state index contributed by atoms with van der Waals surface area (Å²) in [7, 11) is -0.758. The smallest absolute Gasteiger partial charge is 0.253 e. The second-order valence-electron chi connectivity index (χ2n) is 9.29. The molecule has 1 aliphatic heterocycles. The number of fused-ring (bicyclic) bond motifs is 1. The Hall–Kier alpha value is -4.45. The average Bonchev–Trinajstić information content (AvgIpc) is 2.96. The Morgan fingerprint density at radius 2 is 1.66 bits per heavy atom. The summed E-state index contributed by atoms with van der Waals surface area (Å²) in [5.41, 5.74) is 1.69. The summed E-state index contributed by atoms with van der Waals surface area (Å²) < 4.78 is 48.3. The van der Waals surface area contributed by atoms with E-state index in [2.05, 4.69) is 10.6 Å². The van der Waals surface area contributed by atoms with Gasteiger partial charge in [0.2, 0.25) is 15.9 Å². The van der Waals surface area contributed by atoms with E-state index < -0.39 is 22.0 Å². The Labute approximate surface area is 239 Å². The molecule has 1 atom stereocenters. The van der Waals surface area contributed by atoms with Crippen molar-refractivity contribution < 1.29 is 37.0 Å². The lowest BCUT2D eigenvalue weighted by atomic mass is 10.1. The van der Waals surface area contributed by atoms with Crippen molar-refractivity contribution in [1.82, 2.24) is 5.32 Å². The molecule has 0 aliphatic carbocycles. The minimum atomic E-state index is -3.88. The van der Waals surface area contributed by atoms with Crippen LogP contribution in [-0.2, 0) is 21.2 Å². The molecule has 0 fully saturated rings. The first-order chi connectivity index (χ1) is 19.6. The first kappa shape index (κ1) is 29.5. The van der Waals surface area contributed by atoms with Gasteiger partial charge >= 0.3 is 0 Å². The molecule has 0 saturated heterocycles. The van der Waals surface area contributed by atoms with Gasteiger partial charge in [-0.2, -0.15) is 0 Å². The monoisotopic (exact) mass is 583 g/mol. The molecule has 1 heterocycles. The van der Waals surface area contributed by atoms with E-state index in [1.54, 1.807) is 56.7 Å². The molecule has 0 unspecified atom stereocenters. The Balaban J connectivity index is 1.46. The number of benzene rings is 3. The summed E-state index contributed by atoms with van der Waals surface area (Å²) in [6.07, 6.45) is 1.56. The number of rotatable bonds is 11. The van der Waals surface area contributed by atoms with E-state index in [0.29, 0.717) is 49.2 Å². The lowest BCUT2D eigenvalue weighted by Crippen LogP contribution is -2.45. The van der Waals surface area contributed by atoms with Gasteiger partial charge in [0.25, 0.3) is 5.91 Å². The molecule has 0 aromatic heterocycles. The van der Waals surface area contributed by atoms with Gasteiger partial charge in [0.15, 0.2) is 23.0 Å². The van der Waals surface area contributed by atoms with Crippen LogP contribution in [0, 0.1) is 0 Å². The molecule has 2 N–H and O–H groups in total. The molecular weight excluding hydrogens is 550 g/mol. The Bertz CT molecular complexity index is 1530. The number of sulfonamides is 1. The number of para-hydroxylation sites is 1. The molecule has 3 aromatic carbocycles. The first-order valence-corrected chi connectivity index (χ1v) is 14.7. The van der Waals surface area contributed by atoms with Crippen molar-refractivity contribution in [2.45, 2.75) is 19.4 Å². The molecule has 4 rings (SSSR count). The second-order valence-corrected chi connectivity index (χ2v) is 11.2. The summed E-state index contributed by atoms with van der Waals surface area (Å²) in [6, 6.07) is 15.6. The number of carbonyl (C=O) groups excluding carboxylic acids is 2. The lowest BCUT2D eigenvalue weighted by Gasteiger charge is -2.29. The predicted molar refractivity (Wildman–Crippen MR) is 155 cm³/mol. The highest BCUT2D eigenvalue weighted by Gasteiger charge is 2.31. The molecule has 0 saturated carbocycles. The zero-order valence-electron chi connectivity index (χ0n) is 23.3. The first-order valence-electron chi connectivity index (χ1n) is 12.9. The molecule has 0 spiro atoms. The van der Waals surface area contributed by atoms with E-state index in [1.165, 1.54) is 13.0 Å². The molecular formula is C29H33N3O8S. The topological polar surface area (TPSA) is 132 Å². The number of anilines is 2. The average molecular weight is 584 g/mol. The quantitative estimate of drug-likeness (QED) is 0.352. The standard InChI is InChI=1S/C29H33N3O8S/c1-19(32(41(4,35)36)21-10-12-25-27(18-21)40-16-15-39-25)28(33)31-23-8-6-5-7-22(23)29(34)30-14-13-20-9-11-24(37-2)26(17-20)38-3/h5-12,17-19H,13-16H2,1-4H3,(H,30,34)(H,31,33)/t19-/m1/s1. The summed E-state index contributed by atoms with van der Waals surface area (Å²) >= 11 is 0. The van der Waals surface area contributed by atoms with Crippen LogP contribution in [0.25, 0.3) is 0 Å². The maximum absolute atomic E-state index is 13.3. The number of ether oxygens (including phenoxy) is 4. The van der Waals surface area contributed by atoms with Crippen molar-refractivity contribution >= 4 is 33.2 Å². The third-order valence-electron chi connectivity index (χ3n) is 6.45. The molecule has 0 radical (unpaired) electrons. The molecule has 11 nitrogen and oxygen atoms in total. The van der Waals surface area contributed by atoms with Crippen LogP contribution in [0.2, 0.25) is 0 Å². The number of amides is 2. The van der Waals surface area contributed by atoms with Crippen LogP contribution in [0.5, 0.6) is 23.0 Å². The number of nitrogens with one attached hydrogen (secondary N) is 2. The fourth-order valence-corrected chi connectivity index (χ4v) is 5.62. The van der Waals surface area contributed by atoms with Gasteiger partial charge in [0.1, 0.15) is 19.3 Å². The van der Waals surface area contributed by atoms with Gasteiger partial charge in [-0.15, -0.1) is 0 Å². The fourth-order valence-electron chi connectivity index (χ4n) is 4.46. The third kappa shape index (κ3) is 7.01.